The van der Waals surface area contributed by atoms with Crippen LogP contribution in [0.2, 0.25) is 0 Å². The Morgan fingerprint density at radius 1 is 1.30 bits per heavy atom. The van der Waals surface area contributed by atoms with E-state index in [1.54, 1.807) is 10.4 Å². The highest BCUT2D eigenvalue weighted by Crippen LogP contribution is 2.42. The number of quaternary nitrogens is 1. The lowest BCUT2D eigenvalue weighted by atomic mass is 9.86. The second-order valence-electron chi connectivity index (χ2n) is 7.88. The van der Waals surface area contributed by atoms with Crippen molar-refractivity contribution in [3.63, 3.8) is 0 Å². The minimum atomic E-state index is 0.281. The van der Waals surface area contributed by atoms with Crippen LogP contribution in [0.15, 0.2) is 11.4 Å². The quantitative estimate of drug-likeness (QED) is 0.871. The monoisotopic (exact) mass is 333 g/mol. The van der Waals surface area contributed by atoms with Crippen LogP contribution in [0.1, 0.15) is 61.9 Å². The van der Waals surface area contributed by atoms with Gasteiger partial charge in [0, 0.05) is 28.8 Å². The Bertz CT molecular complexity index is 565. The van der Waals surface area contributed by atoms with Gasteiger partial charge < -0.3 is 10.2 Å². The Hall–Kier alpha value is -0.870. The average molecular weight is 334 g/mol. The van der Waals surface area contributed by atoms with Crippen molar-refractivity contribution in [1.82, 2.24) is 5.32 Å². The number of thiophene rings is 1. The van der Waals surface area contributed by atoms with Crippen LogP contribution >= 0.6 is 11.3 Å². The number of hydrogen-bond acceptors (Lipinski definition) is 2. The summed E-state index contributed by atoms with van der Waals surface area (Å²) in [5.41, 5.74) is 1.55. The smallest absolute Gasteiger partial charge is 0.275 e. The number of fused-ring (bicyclic) bond motifs is 1. The van der Waals surface area contributed by atoms with Crippen molar-refractivity contribution >= 4 is 17.2 Å². The second kappa shape index (κ2) is 6.56. The van der Waals surface area contributed by atoms with Crippen molar-refractivity contribution in [3.05, 3.63) is 21.9 Å². The predicted molar refractivity (Wildman–Crippen MR) is 93.7 cm³/mol. The molecule has 3 aliphatic rings. The van der Waals surface area contributed by atoms with Crippen molar-refractivity contribution in [2.75, 3.05) is 13.1 Å². The van der Waals surface area contributed by atoms with Gasteiger partial charge in [0.05, 0.1) is 6.54 Å². The molecule has 23 heavy (non-hydrogen) atoms. The summed E-state index contributed by atoms with van der Waals surface area (Å²) >= 11 is 1.91. The van der Waals surface area contributed by atoms with Crippen molar-refractivity contribution in [2.45, 2.75) is 64.0 Å². The molecule has 2 saturated carbocycles. The molecule has 0 spiro atoms. The maximum absolute atomic E-state index is 12.6. The molecule has 126 valence electrons. The van der Waals surface area contributed by atoms with E-state index in [9.17, 15) is 4.79 Å². The van der Waals surface area contributed by atoms with Gasteiger partial charge in [0.2, 0.25) is 0 Å². The zero-order chi connectivity index (χ0) is 15.8. The van der Waals surface area contributed by atoms with E-state index in [1.165, 1.54) is 43.4 Å². The van der Waals surface area contributed by atoms with Gasteiger partial charge in [-0.05, 0) is 43.0 Å². The summed E-state index contributed by atoms with van der Waals surface area (Å²) in [6.07, 6.45) is 8.89. The Labute approximate surface area is 143 Å². The zero-order valence-corrected chi connectivity index (χ0v) is 15.0. The standard InChI is InChI=1S/C19H28N2OS/c1-13-4-2-3-5-16(13)20-18(22)12-21-10-8-17-15(9-11-23-17)19(21)14-6-7-14/h9,11,13-14,16,19H,2-8,10,12H2,1H3,(H,20,22)/p+1/t13-,16-,19-/m0/s1. The fourth-order valence-corrected chi connectivity index (χ4v) is 5.62. The lowest BCUT2D eigenvalue weighted by Gasteiger charge is -2.34. The van der Waals surface area contributed by atoms with E-state index in [2.05, 4.69) is 23.7 Å². The van der Waals surface area contributed by atoms with Gasteiger partial charge >= 0.3 is 0 Å². The molecular weight excluding hydrogens is 304 g/mol. The largest absolute Gasteiger partial charge is 0.348 e. The third kappa shape index (κ3) is 3.34. The Morgan fingerprint density at radius 2 is 2.13 bits per heavy atom. The number of nitrogens with one attached hydrogen (secondary N) is 2. The van der Waals surface area contributed by atoms with E-state index >= 15 is 0 Å². The van der Waals surface area contributed by atoms with E-state index in [0.29, 0.717) is 24.5 Å². The molecule has 3 nitrogen and oxygen atoms in total. The number of hydrogen-bond donors (Lipinski definition) is 2. The molecule has 4 atom stereocenters. The van der Waals surface area contributed by atoms with E-state index in [4.69, 9.17) is 0 Å². The second-order valence-corrected chi connectivity index (χ2v) is 8.89. The highest BCUT2D eigenvalue weighted by atomic mass is 32.1. The zero-order valence-electron chi connectivity index (χ0n) is 14.1. The van der Waals surface area contributed by atoms with Crippen LogP contribution in [-0.2, 0) is 11.2 Å². The van der Waals surface area contributed by atoms with Crippen LogP contribution in [0.4, 0.5) is 0 Å². The molecule has 4 heteroatoms. The number of rotatable bonds is 4. The molecule has 1 aromatic rings. The van der Waals surface area contributed by atoms with Gasteiger partial charge in [0.1, 0.15) is 6.04 Å². The summed E-state index contributed by atoms with van der Waals surface area (Å²) in [7, 11) is 0. The molecule has 4 rings (SSSR count). The van der Waals surface area contributed by atoms with Crippen LogP contribution in [0.3, 0.4) is 0 Å². The minimum absolute atomic E-state index is 0.281. The lowest BCUT2D eigenvalue weighted by molar-refractivity contribution is -0.928. The van der Waals surface area contributed by atoms with Gasteiger partial charge in [-0.3, -0.25) is 4.79 Å². The summed E-state index contributed by atoms with van der Waals surface area (Å²) in [5.74, 6) is 1.75. The predicted octanol–water partition coefficient (Wildman–Crippen LogP) is 2.34. The molecule has 2 heterocycles. The molecule has 0 aromatic carbocycles. The topological polar surface area (TPSA) is 33.5 Å². The Kier molecular flexibility index (Phi) is 4.46. The van der Waals surface area contributed by atoms with Crippen LogP contribution in [0.25, 0.3) is 0 Å². The average Bonchev–Trinajstić information content (AvgIpc) is 3.26. The Morgan fingerprint density at radius 3 is 2.91 bits per heavy atom. The van der Waals surface area contributed by atoms with E-state index in [-0.39, 0.29) is 5.91 Å². The molecular formula is C19H29N2OS+. The van der Waals surface area contributed by atoms with Gasteiger partial charge in [-0.25, -0.2) is 0 Å². The molecule has 2 fully saturated rings. The molecule has 1 amide bonds. The van der Waals surface area contributed by atoms with Crippen molar-refractivity contribution in [3.8, 4) is 0 Å². The van der Waals surface area contributed by atoms with Crippen molar-refractivity contribution < 1.29 is 9.69 Å². The third-order valence-corrected chi connectivity index (χ3v) is 7.16. The molecule has 0 bridgehead atoms. The first kappa shape index (κ1) is 15.6. The summed E-state index contributed by atoms with van der Waals surface area (Å²) < 4.78 is 0. The summed E-state index contributed by atoms with van der Waals surface area (Å²) in [4.78, 5) is 15.7. The van der Waals surface area contributed by atoms with E-state index in [0.717, 1.165) is 18.9 Å². The highest BCUT2D eigenvalue weighted by molar-refractivity contribution is 7.10. The molecule has 1 aliphatic heterocycles. The SMILES string of the molecule is C[C@H]1CCCC[C@@H]1NC(=O)C[NH+]1CCc2sccc2[C@@H]1C1CC1. The molecule has 0 radical (unpaired) electrons. The Balaban J connectivity index is 1.40. The van der Waals surface area contributed by atoms with E-state index < -0.39 is 0 Å². The van der Waals surface area contributed by atoms with Gasteiger partial charge in [-0.2, -0.15) is 0 Å². The lowest BCUT2D eigenvalue weighted by Crippen LogP contribution is -3.14. The number of amides is 1. The van der Waals surface area contributed by atoms with Crippen LogP contribution < -0.4 is 10.2 Å². The normalized spacial score (nSPS) is 34.0. The molecule has 2 aliphatic carbocycles. The van der Waals surface area contributed by atoms with Gasteiger partial charge in [-0.15, -0.1) is 11.3 Å². The fraction of sp³-hybridized carbons (Fsp3) is 0.737. The van der Waals surface area contributed by atoms with Gasteiger partial charge in [0.15, 0.2) is 6.54 Å². The molecule has 1 aromatic heterocycles. The first-order chi connectivity index (χ1) is 11.2. The summed E-state index contributed by atoms with van der Waals surface area (Å²) in [5, 5.41) is 5.60. The van der Waals surface area contributed by atoms with Gasteiger partial charge in [0.25, 0.3) is 5.91 Å². The van der Waals surface area contributed by atoms with Crippen LogP contribution in [0, 0.1) is 11.8 Å². The molecule has 2 N–H and O–H groups in total. The number of carbonyl (C=O) groups excluding carboxylic acids is 1. The highest BCUT2D eigenvalue weighted by Gasteiger charge is 2.43. The fourth-order valence-electron chi connectivity index (χ4n) is 4.69. The number of carbonyl (C=O) groups is 1. The maximum atomic E-state index is 12.6. The first-order valence-electron chi connectivity index (χ1n) is 9.42. The summed E-state index contributed by atoms with van der Waals surface area (Å²) in [6, 6.07) is 3.32. The molecule has 1 unspecified atom stereocenters. The van der Waals surface area contributed by atoms with Gasteiger partial charge in [-0.1, -0.05) is 19.8 Å². The van der Waals surface area contributed by atoms with Crippen molar-refractivity contribution in [1.29, 1.82) is 0 Å². The summed E-state index contributed by atoms with van der Waals surface area (Å²) in [6.45, 7) is 4.09. The third-order valence-electron chi connectivity index (χ3n) is 6.17. The first-order valence-corrected chi connectivity index (χ1v) is 10.3. The van der Waals surface area contributed by atoms with Crippen LogP contribution in [-0.4, -0.2) is 25.0 Å². The van der Waals surface area contributed by atoms with Crippen LogP contribution in [0.5, 0.6) is 0 Å². The minimum Gasteiger partial charge on any atom is -0.348 e. The van der Waals surface area contributed by atoms with E-state index in [1.807, 2.05) is 11.3 Å². The molecule has 0 saturated heterocycles. The van der Waals surface area contributed by atoms with Crippen molar-refractivity contribution in [2.24, 2.45) is 11.8 Å². The maximum Gasteiger partial charge on any atom is 0.275 e.